The molecule has 0 amide bonds. The lowest BCUT2D eigenvalue weighted by Gasteiger charge is -2.10. The van der Waals surface area contributed by atoms with Crippen molar-refractivity contribution in [2.75, 3.05) is 34.3 Å². The fourth-order valence-electron chi connectivity index (χ4n) is 1.50. The van der Waals surface area contributed by atoms with E-state index in [1.165, 1.54) is 12.0 Å². The number of nitrogens with one attached hydrogen (secondary N) is 1. The van der Waals surface area contributed by atoms with Crippen LogP contribution < -0.4 is 10.1 Å². The molecule has 0 aliphatic carbocycles. The number of benzene rings is 1. The second-order valence-corrected chi connectivity index (χ2v) is 4.18. The summed E-state index contributed by atoms with van der Waals surface area (Å²) in [4.78, 5) is 2.20. The van der Waals surface area contributed by atoms with Gasteiger partial charge in [0.05, 0.1) is 7.11 Å². The quantitative estimate of drug-likeness (QED) is 0.783. The average molecular weight is 295 g/mol. The molecule has 0 atom stereocenters. The largest absolute Gasteiger partial charge is 0.497 e. The highest BCUT2D eigenvalue weighted by molar-refractivity contribution is 5.85. The van der Waals surface area contributed by atoms with E-state index in [-0.39, 0.29) is 24.8 Å². The average Bonchev–Trinajstić information content (AvgIpc) is 2.29. The summed E-state index contributed by atoms with van der Waals surface area (Å²) >= 11 is 0. The topological polar surface area (TPSA) is 24.5 Å². The fraction of sp³-hybridized carbons (Fsp3) is 0.538. The zero-order chi connectivity index (χ0) is 11.8. The molecular weight excluding hydrogens is 271 g/mol. The van der Waals surface area contributed by atoms with Crippen molar-refractivity contribution in [1.82, 2.24) is 10.2 Å². The van der Waals surface area contributed by atoms with E-state index in [1.807, 2.05) is 12.1 Å². The fourth-order valence-corrected chi connectivity index (χ4v) is 1.50. The summed E-state index contributed by atoms with van der Waals surface area (Å²) in [6, 6.07) is 8.18. The van der Waals surface area contributed by atoms with Crippen molar-refractivity contribution in [2.45, 2.75) is 13.0 Å². The maximum Gasteiger partial charge on any atom is 0.118 e. The molecule has 0 heterocycles. The van der Waals surface area contributed by atoms with E-state index >= 15 is 0 Å². The molecule has 0 bridgehead atoms. The molecule has 1 aromatic rings. The molecule has 0 saturated carbocycles. The maximum absolute atomic E-state index is 5.11. The number of halogens is 2. The summed E-state index contributed by atoms with van der Waals surface area (Å²) in [5.74, 6) is 0.913. The Balaban J connectivity index is 0. The minimum Gasteiger partial charge on any atom is -0.497 e. The van der Waals surface area contributed by atoms with Gasteiger partial charge in [-0.1, -0.05) is 12.1 Å². The number of hydrogen-bond acceptors (Lipinski definition) is 3. The van der Waals surface area contributed by atoms with Crippen LogP contribution in [0.3, 0.4) is 0 Å². The summed E-state index contributed by atoms with van der Waals surface area (Å²) in [6.07, 6.45) is 1.18. The van der Waals surface area contributed by atoms with Gasteiger partial charge in [-0.05, 0) is 51.3 Å². The molecular formula is C13H24Cl2N2O. The first-order chi connectivity index (χ1) is 7.72. The van der Waals surface area contributed by atoms with Gasteiger partial charge in [-0.3, -0.25) is 0 Å². The van der Waals surface area contributed by atoms with Crippen LogP contribution in [0.5, 0.6) is 5.75 Å². The summed E-state index contributed by atoms with van der Waals surface area (Å²) in [7, 11) is 5.89. The molecule has 106 valence electrons. The van der Waals surface area contributed by atoms with Gasteiger partial charge in [0, 0.05) is 6.54 Å². The molecule has 3 nitrogen and oxygen atoms in total. The van der Waals surface area contributed by atoms with Crippen molar-refractivity contribution in [2.24, 2.45) is 0 Å². The lowest BCUT2D eigenvalue weighted by atomic mass is 10.2. The lowest BCUT2D eigenvalue weighted by molar-refractivity contribution is 0.394. The Morgan fingerprint density at radius 1 is 1.11 bits per heavy atom. The Kier molecular flexibility index (Phi) is 12.8. The van der Waals surface area contributed by atoms with Crippen molar-refractivity contribution >= 4 is 24.8 Å². The summed E-state index contributed by atoms with van der Waals surface area (Å²) < 4.78 is 5.11. The number of methoxy groups -OCH3 is 1. The number of nitrogens with zero attached hydrogens (tertiary/aromatic N) is 1. The summed E-state index contributed by atoms with van der Waals surface area (Å²) in [5.41, 5.74) is 1.30. The summed E-state index contributed by atoms with van der Waals surface area (Å²) in [5, 5.41) is 3.43. The van der Waals surface area contributed by atoms with Crippen LogP contribution in [0.4, 0.5) is 0 Å². The molecule has 0 aliphatic rings. The van der Waals surface area contributed by atoms with Crippen LogP contribution in [0.1, 0.15) is 12.0 Å². The predicted molar refractivity (Wildman–Crippen MR) is 82.4 cm³/mol. The van der Waals surface area contributed by atoms with Crippen LogP contribution in [0.15, 0.2) is 24.3 Å². The first-order valence-electron chi connectivity index (χ1n) is 5.71. The Morgan fingerprint density at radius 2 is 1.72 bits per heavy atom. The van der Waals surface area contributed by atoms with Crippen molar-refractivity contribution in [1.29, 1.82) is 0 Å². The van der Waals surface area contributed by atoms with Gasteiger partial charge in [-0.25, -0.2) is 0 Å². The van der Waals surface area contributed by atoms with Crippen LogP contribution >= 0.6 is 24.8 Å². The minimum atomic E-state index is 0. The van der Waals surface area contributed by atoms with E-state index in [9.17, 15) is 0 Å². The van der Waals surface area contributed by atoms with E-state index in [1.54, 1.807) is 7.11 Å². The molecule has 18 heavy (non-hydrogen) atoms. The molecule has 1 aromatic carbocycles. The van der Waals surface area contributed by atoms with Crippen LogP contribution in [0.25, 0.3) is 0 Å². The van der Waals surface area contributed by atoms with Gasteiger partial charge in [0.15, 0.2) is 0 Å². The van der Waals surface area contributed by atoms with Crippen LogP contribution in [0, 0.1) is 0 Å². The molecule has 0 fully saturated rings. The standard InChI is InChI=1S/C13H22N2O.2ClH/c1-15(2)10-4-9-14-11-12-5-7-13(16-3)8-6-12;;/h5-8,14H,4,9-11H2,1-3H3;2*1H. The second-order valence-electron chi connectivity index (χ2n) is 4.18. The third-order valence-corrected chi connectivity index (χ3v) is 2.45. The summed E-state index contributed by atoms with van der Waals surface area (Å²) in [6.45, 7) is 3.12. The molecule has 0 unspecified atom stereocenters. The predicted octanol–water partition coefficient (Wildman–Crippen LogP) is 2.58. The van der Waals surface area contributed by atoms with Gasteiger partial charge in [0.1, 0.15) is 5.75 Å². The highest BCUT2D eigenvalue weighted by Gasteiger charge is 1.94. The second kappa shape index (κ2) is 11.6. The maximum atomic E-state index is 5.11. The van der Waals surface area contributed by atoms with Gasteiger partial charge in [0.2, 0.25) is 0 Å². The molecule has 0 radical (unpaired) electrons. The van der Waals surface area contributed by atoms with Crippen molar-refractivity contribution in [3.05, 3.63) is 29.8 Å². The van der Waals surface area contributed by atoms with Crippen molar-refractivity contribution < 1.29 is 4.74 Å². The molecule has 1 N–H and O–H groups in total. The van der Waals surface area contributed by atoms with E-state index < -0.39 is 0 Å². The Bertz CT molecular complexity index is 292. The normalized spacial score (nSPS) is 9.56. The monoisotopic (exact) mass is 294 g/mol. The third kappa shape index (κ3) is 8.59. The zero-order valence-corrected chi connectivity index (χ0v) is 12.9. The number of ether oxygens (including phenoxy) is 1. The van der Waals surface area contributed by atoms with E-state index in [0.717, 1.165) is 25.4 Å². The van der Waals surface area contributed by atoms with Gasteiger partial charge in [-0.2, -0.15) is 0 Å². The molecule has 1 rings (SSSR count). The highest BCUT2D eigenvalue weighted by atomic mass is 35.5. The Labute approximate surface area is 123 Å². The highest BCUT2D eigenvalue weighted by Crippen LogP contribution is 2.10. The van der Waals surface area contributed by atoms with Gasteiger partial charge in [-0.15, -0.1) is 24.8 Å². The molecule has 5 heteroatoms. The van der Waals surface area contributed by atoms with Crippen molar-refractivity contribution in [3.63, 3.8) is 0 Å². The first kappa shape index (κ1) is 19.9. The van der Waals surface area contributed by atoms with Crippen LogP contribution in [0.2, 0.25) is 0 Å². The van der Waals surface area contributed by atoms with Crippen LogP contribution in [-0.2, 0) is 6.54 Å². The Morgan fingerprint density at radius 3 is 2.22 bits per heavy atom. The molecule has 0 aromatic heterocycles. The van der Waals surface area contributed by atoms with E-state index in [4.69, 9.17) is 4.74 Å². The lowest BCUT2D eigenvalue weighted by Crippen LogP contribution is -2.20. The molecule has 0 aliphatic heterocycles. The minimum absolute atomic E-state index is 0. The van der Waals surface area contributed by atoms with E-state index in [0.29, 0.717) is 0 Å². The number of rotatable bonds is 7. The van der Waals surface area contributed by atoms with E-state index in [2.05, 4.69) is 36.4 Å². The van der Waals surface area contributed by atoms with Gasteiger partial charge in [0.25, 0.3) is 0 Å². The Hall–Kier alpha value is -0.480. The zero-order valence-electron chi connectivity index (χ0n) is 11.3. The molecule has 0 saturated heterocycles. The first-order valence-corrected chi connectivity index (χ1v) is 5.71. The van der Waals surface area contributed by atoms with Crippen LogP contribution in [-0.4, -0.2) is 39.2 Å². The smallest absolute Gasteiger partial charge is 0.118 e. The third-order valence-electron chi connectivity index (χ3n) is 2.45. The van der Waals surface area contributed by atoms with Gasteiger partial charge < -0.3 is 15.0 Å². The SMILES string of the molecule is COc1ccc(CNCCCN(C)C)cc1.Cl.Cl. The number of hydrogen-bond donors (Lipinski definition) is 1. The molecule has 0 spiro atoms. The van der Waals surface area contributed by atoms with Gasteiger partial charge >= 0.3 is 0 Å². The van der Waals surface area contributed by atoms with Crippen molar-refractivity contribution in [3.8, 4) is 5.75 Å².